The van der Waals surface area contributed by atoms with Crippen molar-refractivity contribution in [2.24, 2.45) is 0 Å². The minimum atomic E-state index is 0.0437. The standard InChI is InChI=1S/C15H19Cl2NOS/c1-15(2)5-6-18(7-8-20-15)10-14(19)12-9-11(16)3-4-13(12)17/h3-4,9H,5-8,10H2,1-2H3. The van der Waals surface area contributed by atoms with E-state index in [-0.39, 0.29) is 5.78 Å². The molecule has 1 heterocycles. The highest BCUT2D eigenvalue weighted by atomic mass is 35.5. The fraction of sp³-hybridized carbons (Fsp3) is 0.533. The SMILES string of the molecule is CC1(C)CCN(CC(=O)c2cc(Cl)ccc2Cl)CCS1. The molecule has 0 saturated carbocycles. The van der Waals surface area contributed by atoms with Crippen molar-refractivity contribution in [2.45, 2.75) is 25.0 Å². The Bertz CT molecular complexity index is 505. The van der Waals surface area contributed by atoms with Crippen molar-refractivity contribution in [1.29, 1.82) is 0 Å². The van der Waals surface area contributed by atoms with Gasteiger partial charge >= 0.3 is 0 Å². The largest absolute Gasteiger partial charge is 0.295 e. The first-order valence-electron chi connectivity index (χ1n) is 6.72. The first-order chi connectivity index (χ1) is 9.37. The van der Waals surface area contributed by atoms with Crippen LogP contribution in [0, 0.1) is 0 Å². The van der Waals surface area contributed by atoms with Crippen molar-refractivity contribution in [3.05, 3.63) is 33.8 Å². The van der Waals surface area contributed by atoms with Gasteiger partial charge in [-0.2, -0.15) is 11.8 Å². The van der Waals surface area contributed by atoms with E-state index in [9.17, 15) is 4.79 Å². The first kappa shape index (κ1) is 16.2. The first-order valence-corrected chi connectivity index (χ1v) is 8.46. The molecule has 20 heavy (non-hydrogen) atoms. The Hall–Kier alpha value is -0.220. The number of benzene rings is 1. The Morgan fingerprint density at radius 3 is 2.85 bits per heavy atom. The molecule has 2 nitrogen and oxygen atoms in total. The van der Waals surface area contributed by atoms with Crippen LogP contribution in [0.15, 0.2) is 18.2 Å². The summed E-state index contributed by atoms with van der Waals surface area (Å²) >= 11 is 14.0. The third kappa shape index (κ3) is 4.39. The number of Topliss-reactive ketones (excluding diaryl/α,β-unsaturated/α-hetero) is 1. The highest BCUT2D eigenvalue weighted by molar-refractivity contribution is 8.00. The van der Waals surface area contributed by atoms with Gasteiger partial charge in [0.2, 0.25) is 0 Å². The van der Waals surface area contributed by atoms with Crippen molar-refractivity contribution < 1.29 is 4.79 Å². The van der Waals surface area contributed by atoms with Crippen LogP contribution in [0.25, 0.3) is 0 Å². The van der Waals surface area contributed by atoms with E-state index >= 15 is 0 Å². The quantitative estimate of drug-likeness (QED) is 0.766. The number of hydrogen-bond acceptors (Lipinski definition) is 3. The summed E-state index contributed by atoms with van der Waals surface area (Å²) in [5, 5.41) is 1.02. The molecule has 1 aromatic carbocycles. The Morgan fingerprint density at radius 2 is 2.10 bits per heavy atom. The van der Waals surface area contributed by atoms with E-state index in [1.54, 1.807) is 18.2 Å². The van der Waals surface area contributed by atoms with E-state index < -0.39 is 0 Å². The zero-order valence-corrected chi connectivity index (χ0v) is 14.1. The lowest BCUT2D eigenvalue weighted by Gasteiger charge is -2.22. The molecule has 0 radical (unpaired) electrons. The summed E-state index contributed by atoms with van der Waals surface area (Å²) in [7, 11) is 0. The Morgan fingerprint density at radius 1 is 1.35 bits per heavy atom. The van der Waals surface area contributed by atoms with Gasteiger partial charge < -0.3 is 0 Å². The molecule has 1 aliphatic heterocycles. The van der Waals surface area contributed by atoms with Crippen LogP contribution in [-0.4, -0.2) is 40.8 Å². The lowest BCUT2D eigenvalue weighted by molar-refractivity contribution is 0.0934. The number of rotatable bonds is 3. The summed E-state index contributed by atoms with van der Waals surface area (Å²) in [5.41, 5.74) is 0.523. The van der Waals surface area contributed by atoms with E-state index in [0.29, 0.717) is 26.9 Å². The van der Waals surface area contributed by atoms with E-state index in [2.05, 4.69) is 18.7 Å². The maximum Gasteiger partial charge on any atom is 0.178 e. The molecular weight excluding hydrogens is 313 g/mol. The third-order valence-corrected chi connectivity index (χ3v) is 5.46. The van der Waals surface area contributed by atoms with Gasteiger partial charge in [0.15, 0.2) is 5.78 Å². The fourth-order valence-electron chi connectivity index (χ4n) is 2.22. The fourth-order valence-corrected chi connectivity index (χ4v) is 3.75. The van der Waals surface area contributed by atoms with Gasteiger partial charge in [-0.15, -0.1) is 0 Å². The molecule has 1 saturated heterocycles. The summed E-state index contributed by atoms with van der Waals surface area (Å²) in [6, 6.07) is 5.03. The van der Waals surface area contributed by atoms with Crippen molar-refractivity contribution in [3.8, 4) is 0 Å². The zero-order chi connectivity index (χ0) is 14.8. The van der Waals surface area contributed by atoms with Crippen LogP contribution < -0.4 is 0 Å². The van der Waals surface area contributed by atoms with Crippen LogP contribution in [0.3, 0.4) is 0 Å². The number of carbonyl (C=O) groups excluding carboxylic acids is 1. The number of hydrogen-bond donors (Lipinski definition) is 0. The summed E-state index contributed by atoms with van der Waals surface area (Å²) < 4.78 is 0.297. The van der Waals surface area contributed by atoms with Crippen molar-refractivity contribution in [3.63, 3.8) is 0 Å². The van der Waals surface area contributed by atoms with Gasteiger partial charge in [0.1, 0.15) is 0 Å². The molecule has 0 amide bonds. The molecule has 0 aliphatic carbocycles. The predicted octanol–water partition coefficient (Wildman–Crippen LogP) is 4.39. The summed E-state index contributed by atoms with van der Waals surface area (Å²) in [5.74, 6) is 1.10. The number of carbonyl (C=O) groups is 1. The molecule has 0 atom stereocenters. The average Bonchev–Trinajstić information content (AvgIpc) is 2.54. The Labute approximate surface area is 134 Å². The predicted molar refractivity (Wildman–Crippen MR) is 88.4 cm³/mol. The Kier molecular flexibility index (Phi) is 5.41. The maximum atomic E-state index is 12.4. The summed E-state index contributed by atoms with van der Waals surface area (Å²) in [4.78, 5) is 14.6. The monoisotopic (exact) mass is 331 g/mol. The molecule has 0 unspecified atom stereocenters. The van der Waals surface area contributed by atoms with E-state index in [0.717, 1.165) is 25.3 Å². The second kappa shape index (κ2) is 6.69. The zero-order valence-electron chi connectivity index (χ0n) is 11.8. The maximum absolute atomic E-state index is 12.4. The molecule has 110 valence electrons. The second-order valence-electron chi connectivity index (χ2n) is 5.68. The molecule has 1 fully saturated rings. The average molecular weight is 332 g/mol. The number of ketones is 1. The molecular formula is C15H19Cl2NOS. The van der Waals surface area contributed by atoms with Crippen LogP contribution in [0.2, 0.25) is 10.0 Å². The molecule has 1 aliphatic rings. The van der Waals surface area contributed by atoms with Crippen LogP contribution in [0.5, 0.6) is 0 Å². The van der Waals surface area contributed by atoms with Gasteiger partial charge in [-0.3, -0.25) is 9.69 Å². The van der Waals surface area contributed by atoms with Gasteiger partial charge in [-0.25, -0.2) is 0 Å². The van der Waals surface area contributed by atoms with Gasteiger partial charge in [0, 0.05) is 27.6 Å². The van der Waals surface area contributed by atoms with Gasteiger partial charge in [-0.05, 0) is 31.2 Å². The van der Waals surface area contributed by atoms with Crippen LogP contribution in [0.1, 0.15) is 30.6 Å². The molecule has 1 aromatic rings. The highest BCUT2D eigenvalue weighted by Gasteiger charge is 2.25. The minimum Gasteiger partial charge on any atom is -0.295 e. The van der Waals surface area contributed by atoms with Crippen LogP contribution in [0.4, 0.5) is 0 Å². The smallest absolute Gasteiger partial charge is 0.178 e. The number of thioether (sulfide) groups is 1. The van der Waals surface area contributed by atoms with Crippen molar-refractivity contribution in [2.75, 3.05) is 25.4 Å². The van der Waals surface area contributed by atoms with Gasteiger partial charge in [0.05, 0.1) is 11.6 Å². The van der Waals surface area contributed by atoms with Gasteiger partial charge in [-0.1, -0.05) is 37.0 Å². The van der Waals surface area contributed by atoms with E-state index in [1.807, 2.05) is 11.8 Å². The highest BCUT2D eigenvalue weighted by Crippen LogP contribution is 2.30. The number of nitrogens with zero attached hydrogens (tertiary/aromatic N) is 1. The second-order valence-corrected chi connectivity index (χ2v) is 8.33. The van der Waals surface area contributed by atoms with Crippen LogP contribution in [-0.2, 0) is 0 Å². The van der Waals surface area contributed by atoms with Crippen molar-refractivity contribution in [1.82, 2.24) is 4.90 Å². The third-order valence-electron chi connectivity index (χ3n) is 3.53. The minimum absolute atomic E-state index is 0.0437. The van der Waals surface area contributed by atoms with Crippen LogP contribution >= 0.6 is 35.0 Å². The molecule has 2 rings (SSSR count). The summed E-state index contributed by atoms with van der Waals surface area (Å²) in [6.07, 6.45) is 1.09. The Balaban J connectivity index is 2.02. The molecule has 0 spiro atoms. The topological polar surface area (TPSA) is 20.3 Å². The summed E-state index contributed by atoms with van der Waals surface area (Å²) in [6.45, 7) is 6.83. The molecule has 5 heteroatoms. The lowest BCUT2D eigenvalue weighted by atomic mass is 10.1. The molecule has 0 bridgehead atoms. The molecule has 0 aromatic heterocycles. The van der Waals surface area contributed by atoms with Crippen molar-refractivity contribution >= 4 is 40.7 Å². The van der Waals surface area contributed by atoms with Gasteiger partial charge in [0.25, 0.3) is 0 Å². The molecule has 0 N–H and O–H groups in total. The lowest BCUT2D eigenvalue weighted by Crippen LogP contribution is -2.32. The number of halogens is 2. The normalized spacial score (nSPS) is 19.6. The van der Waals surface area contributed by atoms with E-state index in [4.69, 9.17) is 23.2 Å². The van der Waals surface area contributed by atoms with E-state index in [1.165, 1.54) is 0 Å².